The molecule has 0 N–H and O–H groups in total. The van der Waals surface area contributed by atoms with E-state index in [1.54, 1.807) is 21.3 Å². The van der Waals surface area contributed by atoms with Crippen LogP contribution in [0.5, 0.6) is 17.2 Å². The maximum atomic E-state index is 9.80. The molecule has 29 heavy (non-hydrogen) atoms. The van der Waals surface area contributed by atoms with Gasteiger partial charge in [0.05, 0.1) is 21.3 Å². The quantitative estimate of drug-likeness (QED) is 0.243. The molecule has 0 aliphatic carbocycles. The van der Waals surface area contributed by atoms with Crippen LogP contribution in [0.4, 0.5) is 0 Å². The van der Waals surface area contributed by atoms with Crippen molar-refractivity contribution in [3.63, 3.8) is 0 Å². The van der Waals surface area contributed by atoms with Crippen LogP contribution in [0.15, 0.2) is 60.1 Å². The molecule has 2 aromatic rings. The van der Waals surface area contributed by atoms with Crippen LogP contribution in [-0.2, 0) is 0 Å². The topological polar surface area (TPSA) is 63.8 Å². The fourth-order valence-electron chi connectivity index (χ4n) is 2.80. The summed E-state index contributed by atoms with van der Waals surface area (Å²) in [6, 6.07) is 15.5. The molecule has 0 spiro atoms. The monoisotopic (exact) mass is 390 g/mol. The number of unbranched alkanes of at least 4 members (excludes halogenated alkanes) is 1. The van der Waals surface area contributed by atoms with Crippen LogP contribution >= 0.6 is 0 Å². The smallest absolute Gasteiger partial charge is 0.161 e. The number of allylic oxidation sites excluding steroid dienone is 2. The minimum atomic E-state index is 0.365. The third-order valence-corrected chi connectivity index (χ3v) is 4.30. The van der Waals surface area contributed by atoms with Gasteiger partial charge in [-0.15, -0.1) is 6.58 Å². The van der Waals surface area contributed by atoms with E-state index in [4.69, 9.17) is 14.2 Å². The van der Waals surface area contributed by atoms with Crippen molar-refractivity contribution in [2.24, 2.45) is 4.99 Å². The molecule has 5 nitrogen and oxygen atoms in total. The molecule has 0 aliphatic heterocycles. The average molecular weight is 390 g/mol. The number of nitriles is 1. The van der Waals surface area contributed by atoms with Crippen molar-refractivity contribution >= 4 is 17.4 Å². The molecule has 0 unspecified atom stereocenters. The van der Waals surface area contributed by atoms with Crippen molar-refractivity contribution in [2.45, 2.75) is 12.8 Å². The van der Waals surface area contributed by atoms with Gasteiger partial charge < -0.3 is 14.2 Å². The minimum absolute atomic E-state index is 0.365. The van der Waals surface area contributed by atoms with E-state index in [1.807, 2.05) is 54.6 Å². The Morgan fingerprint density at radius 1 is 1.07 bits per heavy atom. The molecule has 5 heteroatoms. The Morgan fingerprint density at radius 3 is 2.52 bits per heavy atom. The van der Waals surface area contributed by atoms with Gasteiger partial charge in [0.25, 0.3) is 0 Å². The zero-order valence-electron chi connectivity index (χ0n) is 17.1. The van der Waals surface area contributed by atoms with Crippen molar-refractivity contribution < 1.29 is 14.2 Å². The second-order valence-corrected chi connectivity index (χ2v) is 6.18. The summed E-state index contributed by atoms with van der Waals surface area (Å²) in [5, 5.41) is 9.80. The number of benzene rings is 2. The number of aliphatic imine (C=N–C) groups is 1. The Hall–Kier alpha value is -3.52. The van der Waals surface area contributed by atoms with Crippen molar-refractivity contribution in [3.8, 4) is 23.3 Å². The summed E-state index contributed by atoms with van der Waals surface area (Å²) < 4.78 is 16.1. The molecular weight excluding hydrogens is 364 g/mol. The Balaban J connectivity index is 2.57. The van der Waals surface area contributed by atoms with Crippen molar-refractivity contribution in [2.75, 3.05) is 27.9 Å². The standard InChI is InChI=1S/C24H26N2O3/c1-5-6-7-13-26-22(17-25)21(15-18-9-8-10-20(14-18)27-2)19-11-12-23(28-3)24(16-19)29-4/h5,8-12,14-16H,1,6-7,13H2,2-4H3/b21-15+,26-22?. The number of ether oxygens (including phenoxy) is 3. The van der Waals surface area contributed by atoms with Gasteiger partial charge in [-0.1, -0.05) is 24.3 Å². The molecule has 0 fully saturated rings. The molecule has 150 valence electrons. The lowest BCUT2D eigenvalue weighted by Crippen LogP contribution is -2.02. The van der Waals surface area contributed by atoms with Gasteiger partial charge in [0.15, 0.2) is 11.5 Å². The predicted molar refractivity (Wildman–Crippen MR) is 118 cm³/mol. The zero-order chi connectivity index (χ0) is 21.1. The number of hydrogen-bond acceptors (Lipinski definition) is 5. The third kappa shape index (κ3) is 5.98. The maximum absolute atomic E-state index is 9.80. The summed E-state index contributed by atoms with van der Waals surface area (Å²) in [4.78, 5) is 4.53. The molecule has 0 saturated carbocycles. The lowest BCUT2D eigenvalue weighted by molar-refractivity contribution is 0.355. The summed E-state index contributed by atoms with van der Waals surface area (Å²) in [7, 11) is 4.80. The fraction of sp³-hybridized carbons (Fsp3) is 0.250. The van der Waals surface area contributed by atoms with Crippen molar-refractivity contribution in [1.29, 1.82) is 5.26 Å². The van der Waals surface area contributed by atoms with Crippen LogP contribution < -0.4 is 14.2 Å². The van der Waals surface area contributed by atoms with Crippen molar-refractivity contribution in [3.05, 3.63) is 66.2 Å². The van der Waals surface area contributed by atoms with E-state index in [0.717, 1.165) is 29.7 Å². The molecule has 0 atom stereocenters. The second-order valence-electron chi connectivity index (χ2n) is 6.18. The minimum Gasteiger partial charge on any atom is -0.497 e. The van der Waals surface area contributed by atoms with Crippen LogP contribution in [-0.4, -0.2) is 33.6 Å². The Morgan fingerprint density at radius 2 is 1.86 bits per heavy atom. The first kappa shape index (κ1) is 21.8. The molecule has 0 bridgehead atoms. The normalized spacial score (nSPS) is 11.5. The summed E-state index contributed by atoms with van der Waals surface area (Å²) in [5.41, 5.74) is 2.79. The molecule has 2 rings (SSSR count). The largest absolute Gasteiger partial charge is 0.497 e. The molecule has 0 amide bonds. The summed E-state index contributed by atoms with van der Waals surface area (Å²) in [6.07, 6.45) is 5.47. The van der Waals surface area contributed by atoms with Gasteiger partial charge in [0.1, 0.15) is 17.5 Å². The molecule has 0 heterocycles. The highest BCUT2D eigenvalue weighted by Gasteiger charge is 2.14. The van der Waals surface area contributed by atoms with E-state index in [0.29, 0.717) is 29.3 Å². The number of hydrogen-bond donors (Lipinski definition) is 0. The van der Waals surface area contributed by atoms with Gasteiger partial charge in [-0.25, -0.2) is 0 Å². The van der Waals surface area contributed by atoms with E-state index in [1.165, 1.54) is 0 Å². The predicted octanol–water partition coefficient (Wildman–Crippen LogP) is 5.18. The van der Waals surface area contributed by atoms with Gasteiger partial charge in [-0.3, -0.25) is 4.99 Å². The fourth-order valence-corrected chi connectivity index (χ4v) is 2.80. The SMILES string of the molecule is C=CCCCN=C(C#N)/C(=C/c1cccc(OC)c1)c1ccc(OC)c(OC)c1. The van der Waals surface area contributed by atoms with Gasteiger partial charge in [-0.05, 0) is 54.3 Å². The molecule has 2 aromatic carbocycles. The Bertz CT molecular complexity index is 939. The first-order valence-electron chi connectivity index (χ1n) is 9.30. The summed E-state index contributed by atoms with van der Waals surface area (Å²) in [5.74, 6) is 1.95. The first-order chi connectivity index (χ1) is 14.2. The first-order valence-corrected chi connectivity index (χ1v) is 9.30. The van der Waals surface area contributed by atoms with Gasteiger partial charge in [-0.2, -0.15) is 5.26 Å². The number of methoxy groups -OCH3 is 3. The van der Waals surface area contributed by atoms with Crippen LogP contribution in [0.1, 0.15) is 24.0 Å². The van der Waals surface area contributed by atoms with Crippen LogP contribution in [0.2, 0.25) is 0 Å². The number of rotatable bonds is 10. The lowest BCUT2D eigenvalue weighted by atomic mass is 9.98. The van der Waals surface area contributed by atoms with E-state index in [-0.39, 0.29) is 0 Å². The maximum Gasteiger partial charge on any atom is 0.161 e. The highest BCUT2D eigenvalue weighted by Crippen LogP contribution is 2.32. The Kier molecular flexibility index (Phi) is 8.52. The second kappa shape index (κ2) is 11.4. The third-order valence-electron chi connectivity index (χ3n) is 4.30. The van der Waals surface area contributed by atoms with Gasteiger partial charge in [0, 0.05) is 12.1 Å². The number of nitrogens with zero attached hydrogens (tertiary/aromatic N) is 2. The molecule has 0 radical (unpaired) electrons. The van der Waals surface area contributed by atoms with E-state index in [9.17, 15) is 5.26 Å². The highest BCUT2D eigenvalue weighted by atomic mass is 16.5. The molecular formula is C24H26N2O3. The van der Waals surface area contributed by atoms with Crippen LogP contribution in [0.3, 0.4) is 0 Å². The lowest BCUT2D eigenvalue weighted by Gasteiger charge is -2.12. The Labute approximate surface area is 172 Å². The highest BCUT2D eigenvalue weighted by molar-refractivity contribution is 6.34. The van der Waals surface area contributed by atoms with Crippen molar-refractivity contribution in [1.82, 2.24) is 0 Å². The van der Waals surface area contributed by atoms with Crippen LogP contribution in [0.25, 0.3) is 11.6 Å². The zero-order valence-corrected chi connectivity index (χ0v) is 17.1. The summed E-state index contributed by atoms with van der Waals surface area (Å²) >= 11 is 0. The van der Waals surface area contributed by atoms with Gasteiger partial charge >= 0.3 is 0 Å². The molecule has 0 aliphatic rings. The van der Waals surface area contributed by atoms with Crippen LogP contribution in [0, 0.1) is 11.3 Å². The average Bonchev–Trinajstić information content (AvgIpc) is 2.77. The molecule has 0 aromatic heterocycles. The molecule has 0 saturated heterocycles. The van der Waals surface area contributed by atoms with E-state index >= 15 is 0 Å². The van der Waals surface area contributed by atoms with Gasteiger partial charge in [0.2, 0.25) is 0 Å². The summed E-state index contributed by atoms with van der Waals surface area (Å²) in [6.45, 7) is 4.28. The van der Waals surface area contributed by atoms with E-state index in [2.05, 4.69) is 17.6 Å². The van der Waals surface area contributed by atoms with E-state index < -0.39 is 0 Å².